The Kier molecular flexibility index (Phi) is 3.07. The van der Waals surface area contributed by atoms with Gasteiger partial charge < -0.3 is 10.6 Å². The van der Waals surface area contributed by atoms with Gasteiger partial charge in [-0.15, -0.1) is 0 Å². The second-order valence-electron chi connectivity index (χ2n) is 3.47. The number of nitrogens with one attached hydrogen (secondary N) is 2. The normalized spacial score (nSPS) is 14.8. The highest BCUT2D eigenvalue weighted by Gasteiger charge is 2.22. The molecule has 2 N–H and O–H groups in total. The van der Waals surface area contributed by atoms with Crippen LogP contribution in [-0.2, 0) is 0 Å². The van der Waals surface area contributed by atoms with Crippen LogP contribution in [0.15, 0.2) is 18.2 Å². The van der Waals surface area contributed by atoms with Crippen molar-refractivity contribution in [1.29, 1.82) is 0 Å². The summed E-state index contributed by atoms with van der Waals surface area (Å²) in [6.45, 7) is 0. The third kappa shape index (κ3) is 2.79. The first-order valence-corrected chi connectivity index (χ1v) is 5.47. The van der Waals surface area contributed by atoms with E-state index in [2.05, 4.69) is 10.6 Å². The molecule has 1 aliphatic rings. The van der Waals surface area contributed by atoms with Crippen molar-refractivity contribution in [3.8, 4) is 0 Å². The Morgan fingerprint density at radius 3 is 2.80 bits per heavy atom. The molecule has 80 valence electrons. The molecule has 0 aliphatic heterocycles. The van der Waals surface area contributed by atoms with Crippen LogP contribution >= 0.6 is 23.8 Å². The lowest BCUT2D eigenvalue weighted by Gasteiger charge is -2.11. The van der Waals surface area contributed by atoms with Crippen LogP contribution in [0.3, 0.4) is 0 Å². The topological polar surface area (TPSA) is 24.1 Å². The Hall–Kier alpha value is -0.870. The molecule has 0 heterocycles. The highest BCUT2D eigenvalue weighted by Crippen LogP contribution is 2.25. The maximum atomic E-state index is 13.3. The molecule has 0 unspecified atom stereocenters. The van der Waals surface area contributed by atoms with Crippen LogP contribution in [0, 0.1) is 5.82 Å². The average Bonchev–Trinajstić information content (AvgIpc) is 2.95. The summed E-state index contributed by atoms with van der Waals surface area (Å²) < 4.78 is 13.3. The van der Waals surface area contributed by atoms with E-state index in [0.717, 1.165) is 12.8 Å². The predicted molar refractivity (Wildman–Crippen MR) is 63.8 cm³/mol. The van der Waals surface area contributed by atoms with Crippen molar-refractivity contribution in [1.82, 2.24) is 5.32 Å². The fourth-order valence-electron chi connectivity index (χ4n) is 1.18. The molecular weight excluding hydrogens is 235 g/mol. The van der Waals surface area contributed by atoms with E-state index in [-0.39, 0.29) is 5.69 Å². The Morgan fingerprint density at radius 1 is 1.47 bits per heavy atom. The van der Waals surface area contributed by atoms with Gasteiger partial charge in [0, 0.05) is 6.04 Å². The van der Waals surface area contributed by atoms with E-state index in [4.69, 9.17) is 23.8 Å². The Bertz CT molecular complexity index is 373. The lowest BCUT2D eigenvalue weighted by atomic mass is 10.3. The van der Waals surface area contributed by atoms with Gasteiger partial charge >= 0.3 is 0 Å². The van der Waals surface area contributed by atoms with Gasteiger partial charge in [-0.2, -0.15) is 0 Å². The van der Waals surface area contributed by atoms with Crippen LogP contribution in [0.4, 0.5) is 10.1 Å². The summed E-state index contributed by atoms with van der Waals surface area (Å²) in [4.78, 5) is 0. The number of hydrogen-bond acceptors (Lipinski definition) is 1. The van der Waals surface area contributed by atoms with Gasteiger partial charge in [0.1, 0.15) is 5.82 Å². The molecule has 1 aromatic carbocycles. The minimum absolute atomic E-state index is 0.234. The molecule has 2 nitrogen and oxygen atoms in total. The van der Waals surface area contributed by atoms with E-state index in [1.165, 1.54) is 6.07 Å². The molecule has 15 heavy (non-hydrogen) atoms. The standard InChI is InChI=1S/C10H10ClFN2S/c11-7-2-1-3-8(12)9(7)14-10(15)13-6-4-5-6/h1-3,6H,4-5H2,(H2,13,14,15). The van der Waals surface area contributed by atoms with Crippen LogP contribution in [0.25, 0.3) is 0 Å². The van der Waals surface area contributed by atoms with E-state index in [0.29, 0.717) is 16.2 Å². The predicted octanol–water partition coefficient (Wildman–Crippen LogP) is 2.93. The van der Waals surface area contributed by atoms with E-state index < -0.39 is 5.82 Å². The van der Waals surface area contributed by atoms with Crippen LogP contribution in [-0.4, -0.2) is 11.2 Å². The molecule has 0 radical (unpaired) electrons. The van der Waals surface area contributed by atoms with E-state index in [1.807, 2.05) is 0 Å². The first kappa shape index (κ1) is 10.6. The zero-order chi connectivity index (χ0) is 10.8. The fraction of sp³-hybridized carbons (Fsp3) is 0.300. The lowest BCUT2D eigenvalue weighted by Crippen LogP contribution is -2.30. The van der Waals surface area contributed by atoms with E-state index >= 15 is 0 Å². The van der Waals surface area contributed by atoms with Gasteiger partial charge in [0.25, 0.3) is 0 Å². The summed E-state index contributed by atoms with van der Waals surface area (Å²) >= 11 is 10.9. The molecule has 0 saturated heterocycles. The van der Waals surface area contributed by atoms with Gasteiger partial charge in [-0.25, -0.2) is 4.39 Å². The summed E-state index contributed by atoms with van der Waals surface area (Å²) in [5.74, 6) is -0.401. The van der Waals surface area contributed by atoms with Gasteiger partial charge in [0.15, 0.2) is 5.11 Å². The maximum absolute atomic E-state index is 13.3. The third-order valence-electron chi connectivity index (χ3n) is 2.11. The van der Waals surface area contributed by atoms with Crippen molar-refractivity contribution >= 4 is 34.6 Å². The van der Waals surface area contributed by atoms with Crippen molar-refractivity contribution in [2.24, 2.45) is 0 Å². The van der Waals surface area contributed by atoms with Gasteiger partial charge in [-0.05, 0) is 37.2 Å². The Labute approximate surface area is 97.8 Å². The lowest BCUT2D eigenvalue weighted by molar-refractivity contribution is 0.632. The second-order valence-corrected chi connectivity index (χ2v) is 4.28. The first-order valence-electron chi connectivity index (χ1n) is 4.68. The summed E-state index contributed by atoms with van der Waals surface area (Å²) in [6, 6.07) is 4.96. The molecule has 0 amide bonds. The molecule has 0 bridgehead atoms. The molecule has 1 aliphatic carbocycles. The molecule has 2 rings (SSSR count). The highest BCUT2D eigenvalue weighted by molar-refractivity contribution is 7.80. The van der Waals surface area contributed by atoms with Gasteiger partial charge in [0.05, 0.1) is 10.7 Å². The Morgan fingerprint density at radius 2 is 2.20 bits per heavy atom. The summed E-state index contributed by atoms with van der Waals surface area (Å²) in [7, 11) is 0. The molecule has 5 heteroatoms. The number of hydrogen-bond donors (Lipinski definition) is 2. The molecular formula is C10H10ClFN2S. The molecule has 0 atom stereocenters. The highest BCUT2D eigenvalue weighted by atomic mass is 35.5. The Balaban J connectivity index is 2.05. The van der Waals surface area contributed by atoms with Gasteiger partial charge in [-0.3, -0.25) is 0 Å². The minimum atomic E-state index is -0.401. The quantitative estimate of drug-likeness (QED) is 0.783. The van der Waals surface area contributed by atoms with Crippen molar-refractivity contribution in [3.63, 3.8) is 0 Å². The number of para-hydroxylation sites is 1. The van der Waals surface area contributed by atoms with Crippen molar-refractivity contribution in [2.75, 3.05) is 5.32 Å². The number of benzene rings is 1. The number of anilines is 1. The monoisotopic (exact) mass is 244 g/mol. The van der Waals surface area contributed by atoms with Crippen LogP contribution < -0.4 is 10.6 Å². The largest absolute Gasteiger partial charge is 0.360 e. The smallest absolute Gasteiger partial charge is 0.171 e. The molecule has 1 fully saturated rings. The van der Waals surface area contributed by atoms with E-state index in [1.54, 1.807) is 12.1 Å². The summed E-state index contributed by atoms with van der Waals surface area (Å²) in [6.07, 6.45) is 2.24. The van der Waals surface area contributed by atoms with Gasteiger partial charge in [-0.1, -0.05) is 17.7 Å². The maximum Gasteiger partial charge on any atom is 0.171 e. The van der Waals surface area contributed by atoms with Crippen molar-refractivity contribution in [2.45, 2.75) is 18.9 Å². The third-order valence-corrected chi connectivity index (χ3v) is 2.65. The molecule has 0 aromatic heterocycles. The molecule has 0 spiro atoms. The number of thiocarbonyl (C=S) groups is 1. The zero-order valence-corrected chi connectivity index (χ0v) is 9.46. The average molecular weight is 245 g/mol. The summed E-state index contributed by atoms with van der Waals surface area (Å²) in [5, 5.41) is 6.56. The molecule has 1 saturated carbocycles. The number of halogens is 2. The minimum Gasteiger partial charge on any atom is -0.360 e. The molecule has 1 aromatic rings. The van der Waals surface area contributed by atoms with Crippen LogP contribution in [0.5, 0.6) is 0 Å². The number of rotatable bonds is 2. The van der Waals surface area contributed by atoms with Crippen LogP contribution in [0.1, 0.15) is 12.8 Å². The van der Waals surface area contributed by atoms with Crippen molar-refractivity contribution in [3.05, 3.63) is 29.0 Å². The SMILES string of the molecule is Fc1cccc(Cl)c1NC(=S)NC1CC1. The van der Waals surface area contributed by atoms with Crippen LogP contribution in [0.2, 0.25) is 5.02 Å². The second kappa shape index (κ2) is 4.33. The summed E-state index contributed by atoms with van der Waals surface area (Å²) in [5.41, 5.74) is 0.234. The zero-order valence-electron chi connectivity index (χ0n) is 7.89. The van der Waals surface area contributed by atoms with Crippen molar-refractivity contribution < 1.29 is 4.39 Å². The first-order chi connectivity index (χ1) is 7.16. The van der Waals surface area contributed by atoms with E-state index in [9.17, 15) is 4.39 Å². The van der Waals surface area contributed by atoms with Gasteiger partial charge in [0.2, 0.25) is 0 Å². The fourth-order valence-corrected chi connectivity index (χ4v) is 1.66.